The molecule has 0 aliphatic heterocycles. The third kappa shape index (κ3) is 5.48. The first-order valence-corrected chi connectivity index (χ1v) is 7.65. The predicted molar refractivity (Wildman–Crippen MR) is 89.5 cm³/mol. The van der Waals surface area contributed by atoms with Gasteiger partial charge >= 0.3 is 0 Å². The average molecular weight is 329 g/mol. The van der Waals surface area contributed by atoms with Crippen LogP contribution in [0.5, 0.6) is 0 Å². The smallest absolute Gasteiger partial charge is 0.239 e. The number of rotatable bonds is 8. The molecule has 0 saturated heterocycles. The van der Waals surface area contributed by atoms with Crippen molar-refractivity contribution >= 4 is 11.8 Å². The predicted octanol–water partition coefficient (Wildman–Crippen LogP) is 1.30. The van der Waals surface area contributed by atoms with Crippen molar-refractivity contribution in [3.8, 4) is 0 Å². The van der Waals surface area contributed by atoms with E-state index in [-0.39, 0.29) is 18.1 Å². The fourth-order valence-corrected chi connectivity index (χ4v) is 2.34. The van der Waals surface area contributed by atoms with Crippen molar-refractivity contribution in [1.82, 2.24) is 10.6 Å². The number of nitrogens with two attached hydrogens (primary N) is 1. The molecule has 0 saturated carbocycles. The van der Waals surface area contributed by atoms with Gasteiger partial charge in [-0.15, -0.1) is 0 Å². The molecule has 2 rings (SSSR count). The summed E-state index contributed by atoms with van der Waals surface area (Å²) >= 11 is 0. The number of amides is 2. The molecule has 24 heavy (non-hydrogen) atoms. The lowest BCUT2D eigenvalue weighted by molar-refractivity contribution is -0.120. The Labute approximate surface area is 140 Å². The van der Waals surface area contributed by atoms with Gasteiger partial charge in [-0.1, -0.05) is 42.5 Å². The standard InChI is InChI=1S/C18H20FN3O2/c19-15-8-4-5-13(11-15)12-16(23)21-9-10-22-17(18(20)24)14-6-2-1-3-7-14/h1-8,11,17,22H,9-10,12H2,(H2,20,24)(H,21,23). The molecule has 0 aliphatic carbocycles. The van der Waals surface area contributed by atoms with Crippen LogP contribution >= 0.6 is 0 Å². The van der Waals surface area contributed by atoms with E-state index in [9.17, 15) is 14.0 Å². The van der Waals surface area contributed by atoms with E-state index in [1.807, 2.05) is 30.3 Å². The molecule has 0 heterocycles. The first-order valence-electron chi connectivity index (χ1n) is 7.65. The number of hydrogen-bond donors (Lipinski definition) is 3. The van der Waals surface area contributed by atoms with Gasteiger partial charge in [-0.3, -0.25) is 9.59 Å². The van der Waals surface area contributed by atoms with Gasteiger partial charge in [-0.2, -0.15) is 0 Å². The summed E-state index contributed by atoms with van der Waals surface area (Å²) in [5.74, 6) is -1.06. The van der Waals surface area contributed by atoms with Gasteiger partial charge in [0.05, 0.1) is 6.42 Å². The van der Waals surface area contributed by atoms with Gasteiger partial charge in [-0.25, -0.2) is 4.39 Å². The second-order valence-corrected chi connectivity index (χ2v) is 5.36. The van der Waals surface area contributed by atoms with Crippen LogP contribution in [-0.4, -0.2) is 24.9 Å². The lowest BCUT2D eigenvalue weighted by Gasteiger charge is -2.16. The number of carbonyl (C=O) groups excluding carboxylic acids is 2. The number of halogens is 1. The van der Waals surface area contributed by atoms with Crippen LogP contribution in [0.1, 0.15) is 17.2 Å². The first kappa shape index (κ1) is 17.6. The van der Waals surface area contributed by atoms with Crippen LogP contribution in [0.3, 0.4) is 0 Å². The minimum atomic E-state index is -0.605. The van der Waals surface area contributed by atoms with Crippen molar-refractivity contribution < 1.29 is 14.0 Å². The molecule has 0 spiro atoms. The van der Waals surface area contributed by atoms with E-state index in [4.69, 9.17) is 5.73 Å². The molecular weight excluding hydrogens is 309 g/mol. The van der Waals surface area contributed by atoms with Gasteiger partial charge in [0.2, 0.25) is 11.8 Å². The normalized spacial score (nSPS) is 11.7. The van der Waals surface area contributed by atoms with Gasteiger partial charge < -0.3 is 16.4 Å². The van der Waals surface area contributed by atoms with E-state index in [0.29, 0.717) is 18.7 Å². The zero-order chi connectivity index (χ0) is 17.4. The molecule has 126 valence electrons. The molecule has 0 fully saturated rings. The van der Waals surface area contributed by atoms with Crippen LogP contribution in [0.25, 0.3) is 0 Å². The number of carbonyl (C=O) groups is 2. The zero-order valence-corrected chi connectivity index (χ0v) is 13.2. The average Bonchev–Trinajstić information content (AvgIpc) is 2.55. The van der Waals surface area contributed by atoms with Crippen molar-refractivity contribution in [3.05, 3.63) is 71.5 Å². The zero-order valence-electron chi connectivity index (χ0n) is 13.2. The van der Waals surface area contributed by atoms with Gasteiger partial charge in [0.25, 0.3) is 0 Å². The van der Waals surface area contributed by atoms with Gasteiger partial charge in [-0.05, 0) is 23.3 Å². The molecule has 1 unspecified atom stereocenters. The molecule has 0 radical (unpaired) electrons. The highest BCUT2D eigenvalue weighted by Crippen LogP contribution is 2.11. The van der Waals surface area contributed by atoms with Crippen molar-refractivity contribution in [1.29, 1.82) is 0 Å². The van der Waals surface area contributed by atoms with Crippen LogP contribution in [0.15, 0.2) is 54.6 Å². The Bertz CT molecular complexity index is 692. The Hall–Kier alpha value is -2.73. The summed E-state index contributed by atoms with van der Waals surface area (Å²) in [7, 11) is 0. The summed E-state index contributed by atoms with van der Waals surface area (Å²) in [6, 6.07) is 14.4. The van der Waals surface area contributed by atoms with Crippen molar-refractivity contribution in [3.63, 3.8) is 0 Å². The largest absolute Gasteiger partial charge is 0.368 e. The molecule has 2 aromatic rings. The highest BCUT2D eigenvalue weighted by molar-refractivity contribution is 5.81. The number of nitrogens with one attached hydrogen (secondary N) is 2. The number of hydrogen-bond acceptors (Lipinski definition) is 3. The molecular formula is C18H20FN3O2. The molecule has 4 N–H and O–H groups in total. The van der Waals surface area contributed by atoms with Crippen molar-refractivity contribution in [2.45, 2.75) is 12.5 Å². The summed E-state index contributed by atoms with van der Waals surface area (Å²) in [6.45, 7) is 0.724. The van der Waals surface area contributed by atoms with E-state index in [2.05, 4.69) is 10.6 Å². The lowest BCUT2D eigenvalue weighted by Crippen LogP contribution is -2.39. The molecule has 6 heteroatoms. The van der Waals surface area contributed by atoms with E-state index in [0.717, 1.165) is 5.56 Å². The Kier molecular flexibility index (Phi) is 6.45. The summed E-state index contributed by atoms with van der Waals surface area (Å²) in [5.41, 5.74) is 6.79. The second-order valence-electron chi connectivity index (χ2n) is 5.36. The maximum atomic E-state index is 13.1. The first-order chi connectivity index (χ1) is 11.6. The molecule has 5 nitrogen and oxygen atoms in total. The van der Waals surface area contributed by atoms with E-state index in [1.165, 1.54) is 12.1 Å². The third-order valence-corrected chi connectivity index (χ3v) is 3.47. The fourth-order valence-electron chi connectivity index (χ4n) is 2.34. The number of primary amides is 1. The van der Waals surface area contributed by atoms with Gasteiger partial charge in [0.15, 0.2) is 0 Å². The van der Waals surface area contributed by atoms with Gasteiger partial charge in [0.1, 0.15) is 11.9 Å². The summed E-state index contributed by atoms with van der Waals surface area (Å²) in [4.78, 5) is 23.4. The minimum Gasteiger partial charge on any atom is -0.368 e. The highest BCUT2D eigenvalue weighted by atomic mass is 19.1. The summed E-state index contributed by atoms with van der Waals surface area (Å²) in [6.07, 6.45) is 0.107. The molecule has 0 aliphatic rings. The van der Waals surface area contributed by atoms with E-state index < -0.39 is 11.9 Å². The minimum absolute atomic E-state index is 0.107. The summed E-state index contributed by atoms with van der Waals surface area (Å²) in [5, 5.41) is 5.73. The Balaban J connectivity index is 1.77. The quantitative estimate of drug-likeness (QED) is 0.638. The monoisotopic (exact) mass is 329 g/mol. The Morgan fingerprint density at radius 2 is 1.79 bits per heavy atom. The van der Waals surface area contributed by atoms with Crippen molar-refractivity contribution in [2.24, 2.45) is 5.73 Å². The Morgan fingerprint density at radius 1 is 1.04 bits per heavy atom. The third-order valence-electron chi connectivity index (χ3n) is 3.47. The SMILES string of the molecule is NC(=O)C(NCCNC(=O)Cc1cccc(F)c1)c1ccccc1. The molecule has 1 atom stereocenters. The van der Waals surface area contributed by atoms with Gasteiger partial charge in [0, 0.05) is 13.1 Å². The van der Waals surface area contributed by atoms with Crippen LogP contribution in [0.2, 0.25) is 0 Å². The molecule has 0 bridgehead atoms. The summed E-state index contributed by atoms with van der Waals surface area (Å²) < 4.78 is 13.1. The number of benzene rings is 2. The van der Waals surface area contributed by atoms with Crippen LogP contribution < -0.4 is 16.4 Å². The fraction of sp³-hybridized carbons (Fsp3) is 0.222. The van der Waals surface area contributed by atoms with E-state index >= 15 is 0 Å². The molecule has 2 aromatic carbocycles. The maximum absolute atomic E-state index is 13.1. The molecule has 2 amide bonds. The van der Waals surface area contributed by atoms with E-state index in [1.54, 1.807) is 12.1 Å². The second kappa shape index (κ2) is 8.79. The highest BCUT2D eigenvalue weighted by Gasteiger charge is 2.16. The maximum Gasteiger partial charge on any atom is 0.239 e. The van der Waals surface area contributed by atoms with Crippen LogP contribution in [0, 0.1) is 5.82 Å². The van der Waals surface area contributed by atoms with Crippen molar-refractivity contribution in [2.75, 3.05) is 13.1 Å². The lowest BCUT2D eigenvalue weighted by atomic mass is 10.1. The topological polar surface area (TPSA) is 84.2 Å². The molecule has 0 aromatic heterocycles. The Morgan fingerprint density at radius 3 is 2.46 bits per heavy atom. The van der Waals surface area contributed by atoms with Crippen LogP contribution in [0.4, 0.5) is 4.39 Å². The van der Waals surface area contributed by atoms with Crippen LogP contribution in [-0.2, 0) is 16.0 Å².